The van der Waals surface area contributed by atoms with Crippen LogP contribution < -0.4 is 5.32 Å². The van der Waals surface area contributed by atoms with E-state index in [2.05, 4.69) is 5.32 Å². The number of aliphatic hydroxyl groups is 2. The molecule has 0 radical (unpaired) electrons. The number of carbonyl (C=O) groups excluding carboxylic acids is 1. The minimum Gasteiger partial charge on any atom is -0.444 e. The van der Waals surface area contributed by atoms with Gasteiger partial charge in [0.1, 0.15) is 5.60 Å². The van der Waals surface area contributed by atoms with Crippen molar-refractivity contribution in [2.24, 2.45) is 0 Å². The molecule has 5 heteroatoms. The van der Waals surface area contributed by atoms with E-state index >= 15 is 0 Å². The summed E-state index contributed by atoms with van der Waals surface area (Å²) in [4.78, 5) is 11.1. The zero-order valence-corrected chi connectivity index (χ0v) is 9.62. The predicted molar refractivity (Wildman–Crippen MR) is 56.6 cm³/mol. The first-order chi connectivity index (χ1) is 6.85. The van der Waals surface area contributed by atoms with E-state index in [1.54, 1.807) is 20.8 Å². The van der Waals surface area contributed by atoms with Crippen LogP contribution in [0.25, 0.3) is 0 Å². The Morgan fingerprint density at radius 1 is 1.47 bits per heavy atom. The topological polar surface area (TPSA) is 78.8 Å². The number of hydrogen-bond donors (Lipinski definition) is 3. The number of hydrogen-bond acceptors (Lipinski definition) is 4. The fourth-order valence-electron chi connectivity index (χ4n) is 0.934. The fourth-order valence-corrected chi connectivity index (χ4v) is 0.934. The van der Waals surface area contributed by atoms with Crippen molar-refractivity contribution in [2.75, 3.05) is 13.2 Å². The normalized spacial score (nSPS) is 13.4. The summed E-state index contributed by atoms with van der Waals surface area (Å²) in [6, 6.07) is 0. The second kappa shape index (κ2) is 6.63. The van der Waals surface area contributed by atoms with Gasteiger partial charge in [-0.15, -0.1) is 0 Å². The highest BCUT2D eigenvalue weighted by atomic mass is 16.6. The van der Waals surface area contributed by atoms with E-state index in [4.69, 9.17) is 14.9 Å². The van der Waals surface area contributed by atoms with Crippen molar-refractivity contribution in [1.29, 1.82) is 0 Å². The Hall–Kier alpha value is -0.810. The quantitative estimate of drug-likeness (QED) is 0.593. The van der Waals surface area contributed by atoms with Gasteiger partial charge in [0, 0.05) is 6.54 Å². The van der Waals surface area contributed by atoms with Crippen molar-refractivity contribution < 1.29 is 19.7 Å². The molecule has 0 aromatic rings. The van der Waals surface area contributed by atoms with Gasteiger partial charge in [-0.1, -0.05) is 0 Å². The summed E-state index contributed by atoms with van der Waals surface area (Å²) in [7, 11) is 0. The molecule has 0 saturated carbocycles. The third kappa shape index (κ3) is 9.49. The van der Waals surface area contributed by atoms with Crippen LogP contribution in [0.1, 0.15) is 33.6 Å². The van der Waals surface area contributed by atoms with Gasteiger partial charge in [0.15, 0.2) is 0 Å². The lowest BCUT2D eigenvalue weighted by molar-refractivity contribution is 0.0518. The molecule has 0 spiro atoms. The van der Waals surface area contributed by atoms with E-state index in [0.29, 0.717) is 19.4 Å². The number of ether oxygens (including phenoxy) is 1. The van der Waals surface area contributed by atoms with Gasteiger partial charge in [0.25, 0.3) is 0 Å². The molecule has 0 heterocycles. The number of rotatable bonds is 5. The Labute approximate surface area is 90.4 Å². The molecule has 90 valence electrons. The number of amides is 1. The minimum atomic E-state index is -0.703. The van der Waals surface area contributed by atoms with Gasteiger partial charge in [-0.3, -0.25) is 0 Å². The first-order valence-electron chi connectivity index (χ1n) is 5.11. The van der Waals surface area contributed by atoms with Crippen LogP contribution in [-0.4, -0.2) is 41.2 Å². The molecule has 0 bridgehead atoms. The fraction of sp³-hybridized carbons (Fsp3) is 0.900. The maximum Gasteiger partial charge on any atom is 0.407 e. The molecule has 0 saturated heterocycles. The number of nitrogens with one attached hydrogen (secondary N) is 1. The molecular weight excluding hydrogens is 198 g/mol. The van der Waals surface area contributed by atoms with E-state index < -0.39 is 17.8 Å². The van der Waals surface area contributed by atoms with Crippen molar-refractivity contribution in [3.63, 3.8) is 0 Å². The molecule has 3 N–H and O–H groups in total. The number of alkyl carbamates (subject to hydrolysis) is 1. The van der Waals surface area contributed by atoms with Crippen molar-refractivity contribution >= 4 is 6.09 Å². The molecule has 0 aliphatic heterocycles. The van der Waals surface area contributed by atoms with E-state index in [1.165, 1.54) is 0 Å². The highest BCUT2D eigenvalue weighted by Crippen LogP contribution is 2.06. The van der Waals surface area contributed by atoms with E-state index in [1.807, 2.05) is 0 Å². The summed E-state index contributed by atoms with van der Waals surface area (Å²) in [5.41, 5.74) is -0.491. The van der Waals surface area contributed by atoms with Gasteiger partial charge >= 0.3 is 6.09 Å². The summed E-state index contributed by atoms with van der Waals surface area (Å²) in [6.07, 6.45) is -0.0841. The number of aliphatic hydroxyl groups excluding tert-OH is 2. The monoisotopic (exact) mass is 219 g/mol. The first kappa shape index (κ1) is 14.2. The smallest absolute Gasteiger partial charge is 0.407 e. The molecule has 1 atom stereocenters. The standard InChI is InChI=1S/C10H21NO4/c1-10(2,3)15-9(14)11-6-4-5-8(13)7-12/h8,12-13H,4-7H2,1-3H3,(H,11,14). The summed E-state index contributed by atoms with van der Waals surface area (Å²) in [5.74, 6) is 0. The lowest BCUT2D eigenvalue weighted by Gasteiger charge is -2.19. The van der Waals surface area contributed by atoms with Crippen molar-refractivity contribution in [3.05, 3.63) is 0 Å². The first-order valence-corrected chi connectivity index (χ1v) is 5.11. The van der Waals surface area contributed by atoms with Gasteiger partial charge in [-0.05, 0) is 33.6 Å². The lowest BCUT2D eigenvalue weighted by atomic mass is 10.2. The summed E-state index contributed by atoms with van der Waals surface area (Å²) in [6.45, 7) is 5.57. The van der Waals surface area contributed by atoms with Crippen LogP contribution in [-0.2, 0) is 4.74 Å². The van der Waals surface area contributed by atoms with Gasteiger partial charge in [-0.25, -0.2) is 4.79 Å². The molecule has 0 aliphatic carbocycles. The molecule has 1 unspecified atom stereocenters. The van der Waals surface area contributed by atoms with Crippen LogP contribution in [0.15, 0.2) is 0 Å². The average molecular weight is 219 g/mol. The maximum absolute atomic E-state index is 11.1. The average Bonchev–Trinajstić information content (AvgIpc) is 2.09. The molecule has 0 aliphatic rings. The van der Waals surface area contributed by atoms with Gasteiger partial charge < -0.3 is 20.3 Å². The third-order valence-electron chi connectivity index (χ3n) is 1.59. The van der Waals surface area contributed by atoms with Gasteiger partial charge in [0.05, 0.1) is 12.7 Å². The van der Waals surface area contributed by atoms with Gasteiger partial charge in [0.2, 0.25) is 0 Å². The van der Waals surface area contributed by atoms with Crippen LogP contribution >= 0.6 is 0 Å². The summed E-state index contributed by atoms with van der Waals surface area (Å²) >= 11 is 0. The Morgan fingerprint density at radius 2 is 2.07 bits per heavy atom. The van der Waals surface area contributed by atoms with E-state index in [9.17, 15) is 4.79 Å². The van der Waals surface area contributed by atoms with Crippen molar-refractivity contribution in [1.82, 2.24) is 5.32 Å². The Bertz CT molecular complexity index is 188. The zero-order chi connectivity index (χ0) is 11.9. The molecule has 0 aromatic carbocycles. The third-order valence-corrected chi connectivity index (χ3v) is 1.59. The molecule has 0 fully saturated rings. The summed E-state index contributed by atoms with van der Waals surface area (Å²) in [5, 5.41) is 20.1. The Kier molecular flexibility index (Phi) is 6.27. The lowest BCUT2D eigenvalue weighted by Crippen LogP contribution is -2.33. The van der Waals surface area contributed by atoms with E-state index in [0.717, 1.165) is 0 Å². The zero-order valence-electron chi connectivity index (χ0n) is 9.62. The highest BCUT2D eigenvalue weighted by molar-refractivity contribution is 5.67. The Morgan fingerprint density at radius 3 is 2.53 bits per heavy atom. The molecular formula is C10H21NO4. The summed E-state index contributed by atoms with van der Waals surface area (Å²) < 4.78 is 5.01. The predicted octanol–water partition coefficient (Wildman–Crippen LogP) is 0.644. The van der Waals surface area contributed by atoms with Crippen molar-refractivity contribution in [2.45, 2.75) is 45.3 Å². The SMILES string of the molecule is CC(C)(C)OC(=O)NCCCC(O)CO. The molecule has 5 nitrogen and oxygen atoms in total. The van der Waals surface area contributed by atoms with Crippen LogP contribution in [0.4, 0.5) is 4.79 Å². The van der Waals surface area contributed by atoms with Crippen LogP contribution in [0.2, 0.25) is 0 Å². The molecule has 0 aromatic heterocycles. The van der Waals surface area contributed by atoms with Crippen LogP contribution in [0.3, 0.4) is 0 Å². The number of carbonyl (C=O) groups is 1. The molecule has 15 heavy (non-hydrogen) atoms. The molecule has 0 rings (SSSR count). The van der Waals surface area contributed by atoms with E-state index in [-0.39, 0.29) is 6.61 Å². The second-order valence-electron chi connectivity index (χ2n) is 4.41. The van der Waals surface area contributed by atoms with Crippen LogP contribution in [0.5, 0.6) is 0 Å². The minimum absolute atomic E-state index is 0.244. The second-order valence-corrected chi connectivity index (χ2v) is 4.41. The largest absolute Gasteiger partial charge is 0.444 e. The van der Waals surface area contributed by atoms with Crippen molar-refractivity contribution in [3.8, 4) is 0 Å². The maximum atomic E-state index is 11.1. The van der Waals surface area contributed by atoms with Gasteiger partial charge in [-0.2, -0.15) is 0 Å². The highest BCUT2D eigenvalue weighted by Gasteiger charge is 2.15. The van der Waals surface area contributed by atoms with Crippen LogP contribution in [0, 0.1) is 0 Å². The molecule has 1 amide bonds. The Balaban J connectivity index is 3.48.